The lowest BCUT2D eigenvalue weighted by Crippen LogP contribution is -2.40. The van der Waals surface area contributed by atoms with E-state index in [-0.39, 0.29) is 23.4 Å². The Kier molecular flexibility index (Phi) is 5.87. The molecule has 20 heavy (non-hydrogen) atoms. The van der Waals surface area contributed by atoms with Crippen molar-refractivity contribution in [1.82, 2.24) is 5.32 Å². The highest BCUT2D eigenvalue weighted by Gasteiger charge is 2.23. The summed E-state index contributed by atoms with van der Waals surface area (Å²) in [6, 6.07) is 5.03. The molecule has 0 aliphatic heterocycles. The minimum Gasteiger partial charge on any atom is -0.350 e. The van der Waals surface area contributed by atoms with Crippen molar-refractivity contribution in [3.05, 3.63) is 33.8 Å². The number of hydrogen-bond acceptors (Lipinski definition) is 2. The number of carbonyl (C=O) groups excluding carboxylic acids is 1. The van der Waals surface area contributed by atoms with Crippen molar-refractivity contribution >= 4 is 29.1 Å². The second kappa shape index (κ2) is 6.79. The highest BCUT2D eigenvalue weighted by molar-refractivity contribution is 6.42. The van der Waals surface area contributed by atoms with Gasteiger partial charge in [0.25, 0.3) is 0 Å². The van der Waals surface area contributed by atoms with E-state index in [2.05, 4.69) is 5.32 Å². The number of halogens is 2. The quantitative estimate of drug-likeness (QED) is 0.884. The second-order valence-corrected chi connectivity index (χ2v) is 6.95. The fourth-order valence-corrected chi connectivity index (χ4v) is 1.98. The van der Waals surface area contributed by atoms with Crippen LogP contribution >= 0.6 is 23.2 Å². The SMILES string of the molecule is CC(NC(=O)CC(N)C(C)(C)C)c1ccc(Cl)c(Cl)c1. The predicted molar refractivity (Wildman–Crippen MR) is 85.1 cm³/mol. The summed E-state index contributed by atoms with van der Waals surface area (Å²) in [7, 11) is 0. The molecule has 0 spiro atoms. The molecule has 0 aliphatic rings. The van der Waals surface area contributed by atoms with E-state index >= 15 is 0 Å². The number of hydrogen-bond donors (Lipinski definition) is 2. The van der Waals surface area contributed by atoms with Gasteiger partial charge in [0.1, 0.15) is 0 Å². The zero-order valence-corrected chi connectivity index (χ0v) is 13.8. The van der Waals surface area contributed by atoms with Gasteiger partial charge >= 0.3 is 0 Å². The molecule has 3 nitrogen and oxygen atoms in total. The van der Waals surface area contributed by atoms with E-state index in [0.29, 0.717) is 16.5 Å². The lowest BCUT2D eigenvalue weighted by molar-refractivity contribution is -0.122. The zero-order valence-electron chi connectivity index (χ0n) is 12.3. The number of rotatable bonds is 4. The smallest absolute Gasteiger partial charge is 0.222 e. The molecule has 1 aromatic carbocycles. The van der Waals surface area contributed by atoms with Gasteiger partial charge in [-0.2, -0.15) is 0 Å². The monoisotopic (exact) mass is 316 g/mol. The van der Waals surface area contributed by atoms with E-state index in [0.717, 1.165) is 5.56 Å². The fraction of sp³-hybridized carbons (Fsp3) is 0.533. The summed E-state index contributed by atoms with van der Waals surface area (Å²) in [5.74, 6) is -0.0639. The van der Waals surface area contributed by atoms with Crippen molar-refractivity contribution in [3.8, 4) is 0 Å². The Labute approximate surface area is 130 Å². The van der Waals surface area contributed by atoms with Gasteiger partial charge in [0.15, 0.2) is 0 Å². The van der Waals surface area contributed by atoms with Gasteiger partial charge < -0.3 is 11.1 Å². The number of nitrogens with one attached hydrogen (secondary N) is 1. The molecule has 5 heteroatoms. The molecule has 2 unspecified atom stereocenters. The lowest BCUT2D eigenvalue weighted by atomic mass is 9.85. The molecule has 1 aromatic rings. The third kappa shape index (κ3) is 4.97. The lowest BCUT2D eigenvalue weighted by Gasteiger charge is -2.27. The van der Waals surface area contributed by atoms with Gasteiger partial charge in [-0.05, 0) is 30.0 Å². The van der Waals surface area contributed by atoms with Crippen LogP contribution in [0.5, 0.6) is 0 Å². The molecule has 1 rings (SSSR count). The van der Waals surface area contributed by atoms with Gasteiger partial charge in [0, 0.05) is 12.5 Å². The number of carbonyl (C=O) groups is 1. The molecule has 0 heterocycles. The minimum absolute atomic E-state index is 0.0639. The molecule has 3 N–H and O–H groups in total. The van der Waals surface area contributed by atoms with Gasteiger partial charge in [-0.1, -0.05) is 50.0 Å². The molecule has 0 saturated heterocycles. The topological polar surface area (TPSA) is 55.1 Å². The van der Waals surface area contributed by atoms with Crippen LogP contribution in [0, 0.1) is 5.41 Å². The van der Waals surface area contributed by atoms with Gasteiger partial charge in [0.05, 0.1) is 16.1 Å². The van der Waals surface area contributed by atoms with Crippen molar-refractivity contribution in [3.63, 3.8) is 0 Å². The standard InChI is InChI=1S/C15H22Cl2N2O/c1-9(10-5-6-11(16)12(17)7-10)19-14(20)8-13(18)15(2,3)4/h5-7,9,13H,8,18H2,1-4H3,(H,19,20). The first-order chi connectivity index (χ1) is 9.11. The fourth-order valence-electron chi connectivity index (χ4n) is 1.67. The average Bonchev–Trinajstić information content (AvgIpc) is 2.31. The van der Waals surface area contributed by atoms with E-state index in [4.69, 9.17) is 28.9 Å². The highest BCUT2D eigenvalue weighted by Crippen LogP contribution is 2.26. The first kappa shape index (κ1) is 17.3. The van der Waals surface area contributed by atoms with Crippen molar-refractivity contribution < 1.29 is 4.79 Å². The molecular weight excluding hydrogens is 295 g/mol. The number of benzene rings is 1. The third-order valence-corrected chi connectivity index (χ3v) is 4.08. The average molecular weight is 317 g/mol. The number of amides is 1. The van der Waals surface area contributed by atoms with Gasteiger partial charge in [-0.15, -0.1) is 0 Å². The summed E-state index contributed by atoms with van der Waals surface area (Å²) in [5, 5.41) is 3.91. The first-order valence-electron chi connectivity index (χ1n) is 6.61. The van der Waals surface area contributed by atoms with Crippen molar-refractivity contribution in [2.24, 2.45) is 11.1 Å². The molecule has 0 radical (unpaired) electrons. The Morgan fingerprint density at radius 3 is 2.40 bits per heavy atom. The summed E-state index contributed by atoms with van der Waals surface area (Å²) in [5.41, 5.74) is 6.83. The summed E-state index contributed by atoms with van der Waals surface area (Å²) in [6.45, 7) is 7.97. The van der Waals surface area contributed by atoms with Crippen LogP contribution in [0.15, 0.2) is 18.2 Å². The molecule has 0 aromatic heterocycles. The van der Waals surface area contributed by atoms with Crippen LogP contribution in [-0.4, -0.2) is 11.9 Å². The first-order valence-corrected chi connectivity index (χ1v) is 7.36. The van der Waals surface area contributed by atoms with Crippen LogP contribution in [0.25, 0.3) is 0 Å². The van der Waals surface area contributed by atoms with Gasteiger partial charge in [-0.3, -0.25) is 4.79 Å². The van der Waals surface area contributed by atoms with Crippen LogP contribution in [0.1, 0.15) is 45.7 Å². The zero-order chi connectivity index (χ0) is 15.5. The molecule has 112 valence electrons. The van der Waals surface area contributed by atoms with E-state index in [1.54, 1.807) is 12.1 Å². The van der Waals surface area contributed by atoms with E-state index < -0.39 is 0 Å². The van der Waals surface area contributed by atoms with Gasteiger partial charge in [0.2, 0.25) is 5.91 Å². The van der Waals surface area contributed by atoms with E-state index in [1.807, 2.05) is 33.8 Å². The van der Waals surface area contributed by atoms with Crippen LogP contribution in [0.4, 0.5) is 0 Å². The normalized spacial score (nSPS) is 14.8. The Morgan fingerprint density at radius 2 is 1.90 bits per heavy atom. The number of nitrogens with two attached hydrogens (primary N) is 1. The van der Waals surface area contributed by atoms with Gasteiger partial charge in [-0.25, -0.2) is 0 Å². The predicted octanol–water partition coefficient (Wildman–Crippen LogP) is 3.93. The molecule has 1 amide bonds. The Balaban J connectivity index is 2.64. The summed E-state index contributed by atoms with van der Waals surface area (Å²) >= 11 is 11.8. The molecule has 0 saturated carbocycles. The molecular formula is C15H22Cl2N2O. The summed E-state index contributed by atoms with van der Waals surface area (Å²) < 4.78 is 0. The minimum atomic E-state index is -0.177. The third-order valence-electron chi connectivity index (χ3n) is 3.34. The van der Waals surface area contributed by atoms with E-state index in [9.17, 15) is 4.79 Å². The molecule has 2 atom stereocenters. The van der Waals surface area contributed by atoms with Crippen LogP contribution < -0.4 is 11.1 Å². The maximum absolute atomic E-state index is 12.0. The van der Waals surface area contributed by atoms with Crippen molar-refractivity contribution in [2.45, 2.75) is 46.2 Å². The Bertz CT molecular complexity index is 483. The summed E-state index contributed by atoms with van der Waals surface area (Å²) in [4.78, 5) is 12.0. The van der Waals surface area contributed by atoms with E-state index in [1.165, 1.54) is 0 Å². The second-order valence-electron chi connectivity index (χ2n) is 6.14. The highest BCUT2D eigenvalue weighted by atomic mass is 35.5. The van der Waals surface area contributed by atoms with Crippen LogP contribution in [-0.2, 0) is 4.79 Å². The largest absolute Gasteiger partial charge is 0.350 e. The van der Waals surface area contributed by atoms with Crippen molar-refractivity contribution in [1.29, 1.82) is 0 Å². The van der Waals surface area contributed by atoms with Crippen LogP contribution in [0.2, 0.25) is 10.0 Å². The Hall–Kier alpha value is -0.770. The molecule has 0 bridgehead atoms. The molecule has 0 fully saturated rings. The maximum atomic E-state index is 12.0. The van der Waals surface area contributed by atoms with Crippen LogP contribution in [0.3, 0.4) is 0 Å². The molecule has 0 aliphatic carbocycles. The summed E-state index contributed by atoms with van der Waals surface area (Å²) in [6.07, 6.45) is 0.301. The Morgan fingerprint density at radius 1 is 1.30 bits per heavy atom. The maximum Gasteiger partial charge on any atom is 0.222 e. The van der Waals surface area contributed by atoms with Crippen molar-refractivity contribution in [2.75, 3.05) is 0 Å².